The van der Waals surface area contributed by atoms with E-state index in [0.717, 1.165) is 24.3 Å². The molecule has 0 aromatic heterocycles. The van der Waals surface area contributed by atoms with Crippen LogP contribution in [0.5, 0.6) is 0 Å². The lowest BCUT2D eigenvalue weighted by atomic mass is 9.71. The number of hydrogen-bond donors (Lipinski definition) is 1. The predicted molar refractivity (Wildman–Crippen MR) is 113 cm³/mol. The number of aromatic carboxylic acids is 1. The Morgan fingerprint density at radius 3 is 2.30 bits per heavy atom. The van der Waals surface area contributed by atoms with Crippen molar-refractivity contribution in [1.29, 1.82) is 0 Å². The van der Waals surface area contributed by atoms with E-state index in [-0.39, 0.29) is 5.41 Å². The van der Waals surface area contributed by atoms with Gasteiger partial charge in [-0.25, -0.2) is 4.79 Å². The van der Waals surface area contributed by atoms with Gasteiger partial charge in [0, 0.05) is 17.9 Å². The minimum absolute atomic E-state index is 0.107. The number of allylic oxidation sites excluding steroid dienone is 2. The predicted octanol–water partition coefficient (Wildman–Crippen LogP) is 6.26. The fraction of sp³-hybridized carbons (Fsp3) is 0.375. The summed E-state index contributed by atoms with van der Waals surface area (Å²) in [6.07, 6.45) is 3.45. The zero-order valence-corrected chi connectivity index (χ0v) is 16.9. The summed E-state index contributed by atoms with van der Waals surface area (Å²) in [7, 11) is 0. The monoisotopic (exact) mass is 363 g/mol. The van der Waals surface area contributed by atoms with E-state index in [1.54, 1.807) is 12.1 Å². The maximum absolute atomic E-state index is 11.1. The molecule has 0 atom stereocenters. The van der Waals surface area contributed by atoms with E-state index in [4.69, 9.17) is 5.11 Å². The van der Waals surface area contributed by atoms with E-state index < -0.39 is 5.97 Å². The average Bonchev–Trinajstić information content (AvgIpc) is 2.63. The molecule has 3 nitrogen and oxygen atoms in total. The number of carboxylic acids is 1. The number of rotatable bonds is 5. The molecular formula is C24H29NO2. The van der Waals surface area contributed by atoms with Crippen LogP contribution in [0, 0.1) is 5.92 Å². The van der Waals surface area contributed by atoms with Crippen LogP contribution in [0.4, 0.5) is 11.4 Å². The number of benzene rings is 2. The molecule has 2 aromatic rings. The van der Waals surface area contributed by atoms with Gasteiger partial charge in [-0.2, -0.15) is 0 Å². The normalized spacial score (nSPS) is 15.3. The molecule has 0 bridgehead atoms. The second-order valence-corrected chi connectivity index (χ2v) is 8.23. The Kier molecular flexibility index (Phi) is 5.14. The number of hydrogen-bond acceptors (Lipinski definition) is 2. The van der Waals surface area contributed by atoms with Gasteiger partial charge < -0.3 is 10.0 Å². The maximum Gasteiger partial charge on any atom is 0.335 e. The van der Waals surface area contributed by atoms with Crippen molar-refractivity contribution in [1.82, 2.24) is 0 Å². The summed E-state index contributed by atoms with van der Waals surface area (Å²) in [5.41, 5.74) is 6.77. The first-order chi connectivity index (χ1) is 12.7. The molecule has 3 heteroatoms. The molecule has 1 aliphatic carbocycles. The van der Waals surface area contributed by atoms with Crippen molar-refractivity contribution in [3.8, 4) is 0 Å². The zero-order valence-electron chi connectivity index (χ0n) is 16.9. The highest BCUT2D eigenvalue weighted by atomic mass is 16.4. The molecule has 0 spiro atoms. The second kappa shape index (κ2) is 7.22. The van der Waals surface area contributed by atoms with Gasteiger partial charge in [-0.3, -0.25) is 0 Å². The van der Waals surface area contributed by atoms with Crippen LogP contribution in [0.15, 0.2) is 48.5 Å². The van der Waals surface area contributed by atoms with Crippen molar-refractivity contribution in [2.75, 3.05) is 11.4 Å². The van der Waals surface area contributed by atoms with Gasteiger partial charge in [-0.15, -0.1) is 0 Å². The SMILES string of the molecule is CCN(c1ccc(C(=O)O)cc1)c1ccc2c(c1)C(C)(C)CC=C2C(C)C. The lowest BCUT2D eigenvalue weighted by Crippen LogP contribution is -2.24. The van der Waals surface area contributed by atoms with Crippen LogP contribution in [0.1, 0.15) is 62.5 Å². The molecule has 0 aliphatic heterocycles. The van der Waals surface area contributed by atoms with Gasteiger partial charge in [-0.05, 0) is 77.8 Å². The summed E-state index contributed by atoms with van der Waals surface area (Å²) < 4.78 is 0. The Labute approximate surface area is 162 Å². The van der Waals surface area contributed by atoms with Gasteiger partial charge in [-0.1, -0.05) is 39.8 Å². The molecular weight excluding hydrogens is 334 g/mol. The molecule has 0 amide bonds. The van der Waals surface area contributed by atoms with Gasteiger partial charge in [0.15, 0.2) is 0 Å². The molecule has 142 valence electrons. The van der Waals surface area contributed by atoms with Gasteiger partial charge in [0.2, 0.25) is 0 Å². The largest absolute Gasteiger partial charge is 0.478 e. The molecule has 3 rings (SSSR count). The molecule has 0 unspecified atom stereocenters. The van der Waals surface area contributed by atoms with Crippen LogP contribution >= 0.6 is 0 Å². The van der Waals surface area contributed by atoms with Crippen molar-refractivity contribution >= 4 is 22.9 Å². The first kappa shape index (κ1) is 19.2. The summed E-state index contributed by atoms with van der Waals surface area (Å²) in [5, 5.41) is 9.13. The third-order valence-electron chi connectivity index (χ3n) is 5.55. The smallest absolute Gasteiger partial charge is 0.335 e. The quantitative estimate of drug-likeness (QED) is 0.681. The highest BCUT2D eigenvalue weighted by Crippen LogP contribution is 2.43. The Hall–Kier alpha value is -2.55. The first-order valence-electron chi connectivity index (χ1n) is 9.70. The summed E-state index contributed by atoms with van der Waals surface area (Å²) in [4.78, 5) is 13.4. The fourth-order valence-electron chi connectivity index (χ4n) is 3.94. The van der Waals surface area contributed by atoms with Crippen LogP contribution in [0.2, 0.25) is 0 Å². The third kappa shape index (κ3) is 3.64. The van der Waals surface area contributed by atoms with E-state index in [1.807, 2.05) is 12.1 Å². The summed E-state index contributed by atoms with van der Waals surface area (Å²) in [6.45, 7) is 12.1. The maximum atomic E-state index is 11.1. The summed E-state index contributed by atoms with van der Waals surface area (Å²) in [5.74, 6) is -0.385. The number of fused-ring (bicyclic) bond motifs is 1. The molecule has 1 N–H and O–H groups in total. The van der Waals surface area contributed by atoms with Crippen LogP contribution < -0.4 is 4.90 Å². The molecule has 0 saturated carbocycles. The van der Waals surface area contributed by atoms with Crippen LogP contribution in [0.3, 0.4) is 0 Å². The number of anilines is 2. The topological polar surface area (TPSA) is 40.5 Å². The summed E-state index contributed by atoms with van der Waals surface area (Å²) >= 11 is 0. The molecule has 2 aromatic carbocycles. The Morgan fingerprint density at radius 1 is 1.11 bits per heavy atom. The van der Waals surface area contributed by atoms with E-state index in [9.17, 15) is 4.79 Å². The lowest BCUT2D eigenvalue weighted by molar-refractivity contribution is 0.0697. The third-order valence-corrected chi connectivity index (χ3v) is 5.55. The summed E-state index contributed by atoms with van der Waals surface area (Å²) in [6, 6.07) is 13.9. The van der Waals surface area contributed by atoms with Crippen LogP contribution in [-0.4, -0.2) is 17.6 Å². The van der Waals surface area contributed by atoms with Crippen LogP contribution in [-0.2, 0) is 5.41 Å². The Balaban J connectivity index is 2.04. The van der Waals surface area contributed by atoms with Crippen molar-refractivity contribution < 1.29 is 9.90 Å². The molecule has 0 radical (unpaired) electrons. The van der Waals surface area contributed by atoms with E-state index in [0.29, 0.717) is 11.5 Å². The van der Waals surface area contributed by atoms with Crippen molar-refractivity contribution in [3.05, 3.63) is 65.2 Å². The molecule has 0 heterocycles. The van der Waals surface area contributed by atoms with Gasteiger partial charge in [0.05, 0.1) is 5.56 Å². The van der Waals surface area contributed by atoms with Gasteiger partial charge >= 0.3 is 5.97 Å². The molecule has 1 aliphatic rings. The lowest BCUT2D eigenvalue weighted by Gasteiger charge is -2.35. The fourth-order valence-corrected chi connectivity index (χ4v) is 3.94. The average molecular weight is 364 g/mol. The van der Waals surface area contributed by atoms with Crippen molar-refractivity contribution in [3.63, 3.8) is 0 Å². The number of carboxylic acid groups (broad SMARTS) is 1. The second-order valence-electron chi connectivity index (χ2n) is 8.23. The molecule has 0 saturated heterocycles. The van der Waals surface area contributed by atoms with Crippen molar-refractivity contribution in [2.45, 2.75) is 46.5 Å². The van der Waals surface area contributed by atoms with Gasteiger partial charge in [0.1, 0.15) is 0 Å². The highest BCUT2D eigenvalue weighted by molar-refractivity contribution is 5.88. The highest BCUT2D eigenvalue weighted by Gasteiger charge is 2.29. The minimum atomic E-state index is -0.895. The van der Waals surface area contributed by atoms with Gasteiger partial charge in [0.25, 0.3) is 0 Å². The van der Waals surface area contributed by atoms with Crippen LogP contribution in [0.25, 0.3) is 5.57 Å². The van der Waals surface area contributed by atoms with E-state index >= 15 is 0 Å². The Morgan fingerprint density at radius 2 is 1.74 bits per heavy atom. The van der Waals surface area contributed by atoms with Crippen molar-refractivity contribution in [2.24, 2.45) is 5.92 Å². The molecule has 27 heavy (non-hydrogen) atoms. The first-order valence-corrected chi connectivity index (χ1v) is 9.70. The van der Waals surface area contributed by atoms with E-state index in [1.165, 1.54) is 16.7 Å². The standard InChI is InChI=1S/C24H29NO2/c1-6-25(18-9-7-17(8-10-18)23(26)27)19-11-12-21-20(16(2)3)13-14-24(4,5)22(21)15-19/h7-13,15-16H,6,14H2,1-5H3,(H,26,27). The number of carbonyl (C=O) groups is 1. The zero-order chi connectivity index (χ0) is 19.8. The number of nitrogens with zero attached hydrogens (tertiary/aromatic N) is 1. The van der Waals surface area contributed by atoms with E-state index in [2.05, 4.69) is 63.8 Å². The minimum Gasteiger partial charge on any atom is -0.478 e. The molecule has 0 fully saturated rings. The Bertz CT molecular complexity index is 876.